The summed E-state index contributed by atoms with van der Waals surface area (Å²) in [5.41, 5.74) is 1.03. The molecule has 10 heterocycles. The number of esters is 8. The van der Waals surface area contributed by atoms with E-state index < -0.39 is 34.3 Å². The second-order valence-corrected chi connectivity index (χ2v) is 35.2. The second kappa shape index (κ2) is 55.7. The highest BCUT2D eigenvalue weighted by molar-refractivity contribution is 9.10. The van der Waals surface area contributed by atoms with Crippen LogP contribution in [-0.2, 0) is 93.9 Å². The maximum atomic E-state index is 12.0. The Kier molecular flexibility index (Phi) is 48.8. The molecule has 5 aliphatic heterocycles. The first-order chi connectivity index (χ1) is 57.6. The van der Waals surface area contributed by atoms with Crippen molar-refractivity contribution < 1.29 is 90.5 Å². The molecule has 28 nitrogen and oxygen atoms in total. The summed E-state index contributed by atoms with van der Waals surface area (Å²) in [5.74, 6) is 1.01. The molecule has 5 saturated heterocycles. The van der Waals surface area contributed by atoms with Crippen molar-refractivity contribution in [3.63, 3.8) is 0 Å². The molecule has 0 spiro atoms. The third-order valence-electron chi connectivity index (χ3n) is 18.7. The zero-order valence-corrected chi connectivity index (χ0v) is 77.5. The summed E-state index contributed by atoms with van der Waals surface area (Å²) in [6.07, 6.45) is 22.7. The lowest BCUT2D eigenvalue weighted by Gasteiger charge is -2.31. The fourth-order valence-electron chi connectivity index (χ4n) is 12.7. The first-order valence-corrected chi connectivity index (χ1v) is 43.7. The molecule has 0 atom stereocenters. The molecule has 5 aromatic heterocycles. The Bertz CT molecular complexity index is 3990. The van der Waals surface area contributed by atoms with Gasteiger partial charge in [-0.2, -0.15) is 4.39 Å². The van der Waals surface area contributed by atoms with Crippen LogP contribution in [0.5, 0.6) is 0 Å². The summed E-state index contributed by atoms with van der Waals surface area (Å²) in [6, 6.07) is 18.6. The molecule has 0 unspecified atom stereocenters. The Morgan fingerprint density at radius 1 is 0.431 bits per heavy atom. The molecule has 0 saturated carbocycles. The Morgan fingerprint density at radius 3 is 1.01 bits per heavy atom. The number of aryl methyl sites for hydroxylation is 2. The van der Waals surface area contributed by atoms with Crippen molar-refractivity contribution >= 4 is 115 Å². The van der Waals surface area contributed by atoms with Crippen LogP contribution >= 0.6 is 31.9 Å². The number of carbonyl (C=O) groups excluding carboxylic acids is 8. The molecule has 5 fully saturated rings. The maximum Gasteiger partial charge on any atom is 0.331 e. The van der Waals surface area contributed by atoms with E-state index in [0.717, 1.165) is 159 Å². The van der Waals surface area contributed by atoms with Crippen LogP contribution < -0.4 is 24.9 Å². The largest absolute Gasteiger partial charge is 0.481 e. The third-order valence-corrected chi connectivity index (χ3v) is 19.6. The van der Waals surface area contributed by atoms with Gasteiger partial charge in [-0.3, -0.25) is 33.6 Å². The number of anilines is 4. The minimum atomic E-state index is -0.708. The van der Waals surface area contributed by atoms with Crippen LogP contribution in [0.1, 0.15) is 212 Å². The van der Waals surface area contributed by atoms with Crippen LogP contribution in [0.15, 0.2) is 119 Å². The molecule has 0 bridgehead atoms. The van der Waals surface area contributed by atoms with Gasteiger partial charge in [-0.25, -0.2) is 34.5 Å². The van der Waals surface area contributed by atoms with Crippen molar-refractivity contribution in [2.75, 3.05) is 111 Å². The summed E-state index contributed by atoms with van der Waals surface area (Å²) < 4.78 is 54.6. The van der Waals surface area contributed by atoms with Gasteiger partial charge in [0, 0.05) is 117 Å². The molecule has 2 N–H and O–H groups in total. The average Bonchev–Trinajstić information content (AvgIpc) is 0.862. The zero-order valence-electron chi connectivity index (χ0n) is 74.3. The Labute approximate surface area is 744 Å². The van der Waals surface area contributed by atoms with Crippen molar-refractivity contribution in [1.82, 2.24) is 30.2 Å². The van der Waals surface area contributed by atoms with E-state index in [1.54, 1.807) is 30.7 Å². The number of carboxylic acids is 1. The normalized spacial score (nSPS) is 15.4. The van der Waals surface area contributed by atoms with Crippen LogP contribution in [-0.4, -0.2) is 198 Å². The molecular weight excluding hydrogens is 1710 g/mol. The average molecular weight is 1850 g/mol. The summed E-state index contributed by atoms with van der Waals surface area (Å²) in [4.78, 5) is 133. The van der Waals surface area contributed by atoms with Crippen LogP contribution in [0.3, 0.4) is 0 Å². The fourth-order valence-corrected chi connectivity index (χ4v) is 13.2. The number of aliphatic carboxylic acids is 1. The lowest BCUT2D eigenvalue weighted by molar-refractivity contribution is -0.155. The van der Waals surface area contributed by atoms with Crippen molar-refractivity contribution in [3.8, 4) is 0 Å². The van der Waals surface area contributed by atoms with Gasteiger partial charge in [0.05, 0.1) is 56.0 Å². The number of halogens is 3. The van der Waals surface area contributed by atoms with Crippen LogP contribution in [0.4, 0.5) is 27.7 Å². The quantitative estimate of drug-likeness (QED) is 0.0281. The molecule has 0 aliphatic carbocycles. The molecule has 123 heavy (non-hydrogen) atoms. The van der Waals surface area contributed by atoms with Gasteiger partial charge >= 0.3 is 53.7 Å². The second-order valence-electron chi connectivity index (χ2n) is 33.3. The lowest BCUT2D eigenvalue weighted by Crippen LogP contribution is -2.37. The zero-order chi connectivity index (χ0) is 90.6. The molecule has 10 rings (SSSR count). The standard InChI is InChI=1S/C20H30N2O4.C20H28N2O4.C18H26N2O4.C13H17BrN2O2.C8H15NO2.C7H12O2.C5H3BrFN.CH4/c2*1-5-25-19(24)16-10-12-22(13-11-16)17-8-6-15(14-21-17)7-9-18(23)26-20(2,3)4;1-18(2,3)24-16(21)7-5-13-4-6-15(19-12-13)20-10-8-14(9-11-20)17(22)23;1-2-18-13(17)10-5-7-16(8-6-10)12-4-3-11(14)9-15-12;1-2-11-8(10)7-3-5-9-6-4-7;1-5-6(8)9-7(2,3)4;6-4-1-2-5(7)8-3-4;/h6,8,14,16H,5,7,9-13H2,1-4H3;6-9,14,16H,5,10-13H2,1-4H3;4,6,12,14H,5,7-11H2,1-3H3,(H,22,23);3-4,9-10H,2,5-8H2,1H3;7,9H,2-6H2,1H3;5H,1H2,2-4H3;1-3H;1H4/b;9-7+;;;;;;. The molecule has 5 aromatic rings. The maximum absolute atomic E-state index is 12.0. The Balaban J connectivity index is 0.000000384. The molecule has 0 radical (unpaired) electrons. The van der Waals surface area contributed by atoms with Gasteiger partial charge in [0.25, 0.3) is 0 Å². The molecule has 0 aromatic carbocycles. The lowest BCUT2D eigenvalue weighted by atomic mass is 9.97. The predicted molar refractivity (Wildman–Crippen MR) is 482 cm³/mol. The van der Waals surface area contributed by atoms with Crippen molar-refractivity contribution in [3.05, 3.63) is 142 Å². The van der Waals surface area contributed by atoms with Crippen molar-refractivity contribution in [2.45, 2.75) is 231 Å². The minimum Gasteiger partial charge on any atom is -0.481 e. The number of ether oxygens (including phenoxy) is 8. The van der Waals surface area contributed by atoms with E-state index in [4.69, 9.17) is 43.0 Å². The first-order valence-electron chi connectivity index (χ1n) is 42.1. The number of piperidine rings is 5. The number of hydrogen-bond donors (Lipinski definition) is 2. The van der Waals surface area contributed by atoms with E-state index in [9.17, 15) is 47.5 Å². The highest BCUT2D eigenvalue weighted by Gasteiger charge is 2.31. The van der Waals surface area contributed by atoms with Gasteiger partial charge in [-0.05, 0) is 304 Å². The van der Waals surface area contributed by atoms with Gasteiger partial charge in [0.15, 0.2) is 0 Å². The smallest absolute Gasteiger partial charge is 0.331 e. The number of aromatic nitrogens is 5. The highest BCUT2D eigenvalue weighted by atomic mass is 79.9. The Hall–Kier alpha value is -9.49. The fraction of sp³-hybridized carbons (Fsp3) is 0.587. The molecule has 0 amide bonds. The van der Waals surface area contributed by atoms with Crippen molar-refractivity contribution in [1.29, 1.82) is 0 Å². The SMILES string of the molecule is C.C=CC(=O)OC(C)(C)C.CC(C)(C)OC(=O)CCc1ccc(N2CCC(C(=O)O)CC2)nc1.CCOC(=O)C1CCN(c2ccc(/C=C/C(=O)OC(C)(C)C)cn2)CC1.CCOC(=O)C1CCN(c2ccc(Br)cn2)CC1.CCOC(=O)C1CCN(c2ccc(CCC(=O)OC(C)(C)C)cn2)CC1.CCOC(=O)C1CCNCC1.Fc1ccc(Br)cn1. The predicted octanol–water partition coefficient (Wildman–Crippen LogP) is 16.3. The van der Waals surface area contributed by atoms with Gasteiger partial charge in [-0.1, -0.05) is 26.1 Å². The number of rotatable bonds is 22. The Morgan fingerprint density at radius 2 is 0.740 bits per heavy atom. The molecular formula is C92H135Br2FN10O18. The van der Waals surface area contributed by atoms with E-state index in [1.165, 1.54) is 18.3 Å². The van der Waals surface area contributed by atoms with Crippen LogP contribution in [0.25, 0.3) is 6.08 Å². The van der Waals surface area contributed by atoms with E-state index in [2.05, 4.69) is 88.3 Å². The highest BCUT2D eigenvalue weighted by Crippen LogP contribution is 2.29. The van der Waals surface area contributed by atoms with Gasteiger partial charge < -0.3 is 67.9 Å². The van der Waals surface area contributed by atoms with Crippen LogP contribution in [0.2, 0.25) is 0 Å². The molecule has 31 heteroatoms. The van der Waals surface area contributed by atoms with Crippen molar-refractivity contribution in [2.24, 2.45) is 29.6 Å². The van der Waals surface area contributed by atoms with Crippen LogP contribution in [0, 0.1) is 35.5 Å². The summed E-state index contributed by atoms with van der Waals surface area (Å²) in [7, 11) is 0. The number of hydrogen-bond acceptors (Lipinski definition) is 27. The van der Waals surface area contributed by atoms with Gasteiger partial charge in [0.2, 0.25) is 5.95 Å². The minimum absolute atomic E-state index is 0. The monoisotopic (exact) mass is 1840 g/mol. The first kappa shape index (κ1) is 108. The van der Waals surface area contributed by atoms with E-state index in [1.807, 2.05) is 166 Å². The summed E-state index contributed by atoms with van der Waals surface area (Å²) >= 11 is 6.49. The summed E-state index contributed by atoms with van der Waals surface area (Å²) in [5, 5.41) is 12.2. The number of nitrogens with zero attached hydrogens (tertiary/aromatic N) is 9. The number of pyridine rings is 5. The number of carbonyl (C=O) groups is 9. The molecule has 5 aliphatic rings. The van der Waals surface area contributed by atoms with E-state index in [0.29, 0.717) is 78.0 Å². The van der Waals surface area contributed by atoms with Gasteiger partial charge in [0.1, 0.15) is 45.7 Å². The topological polar surface area (TPSA) is 337 Å². The van der Waals surface area contributed by atoms with E-state index in [-0.39, 0.29) is 84.8 Å². The van der Waals surface area contributed by atoms with Gasteiger partial charge in [-0.15, -0.1) is 0 Å². The molecule has 682 valence electrons. The number of nitrogens with one attached hydrogen (secondary N) is 1. The number of carboxylic acid groups (broad SMARTS) is 1. The van der Waals surface area contributed by atoms with E-state index >= 15 is 0 Å². The third kappa shape index (κ3) is 45.6. The summed E-state index contributed by atoms with van der Waals surface area (Å²) in [6.45, 7) is 42.8.